The molecule has 14 heavy (non-hydrogen) atoms. The zero-order valence-electron chi connectivity index (χ0n) is 7.71. The molecule has 1 heterocycles. The average molecular weight is 189 g/mol. The highest BCUT2D eigenvalue weighted by Gasteiger charge is 2.31. The molecule has 1 fully saturated rings. The molecule has 0 aliphatic carbocycles. The molecule has 0 aromatic heterocycles. The van der Waals surface area contributed by atoms with Gasteiger partial charge in [0.1, 0.15) is 0 Å². The van der Waals surface area contributed by atoms with E-state index < -0.39 is 0 Å². The smallest absolute Gasteiger partial charge is 0.0897 e. The molecule has 1 aliphatic heterocycles. The maximum absolute atomic E-state index is 8.39. The van der Waals surface area contributed by atoms with E-state index in [-0.39, 0.29) is 12.1 Å². The summed E-state index contributed by atoms with van der Waals surface area (Å²) in [6.45, 7) is 0.719. The van der Waals surface area contributed by atoms with Crippen LogP contribution >= 0.6 is 0 Å². The Hall–Kier alpha value is -1.51. The van der Waals surface area contributed by atoms with Crippen LogP contribution in [-0.2, 0) is 11.2 Å². The maximum atomic E-state index is 8.39. The third-order valence-corrected chi connectivity index (χ3v) is 2.28. The first-order valence-electron chi connectivity index (χ1n) is 4.60. The van der Waals surface area contributed by atoms with Gasteiger partial charge in [-0.15, -0.1) is 0 Å². The Bertz CT molecular complexity index is 342. The second-order valence-corrected chi connectivity index (χ2v) is 3.33. The highest BCUT2D eigenvalue weighted by Crippen LogP contribution is 2.20. The van der Waals surface area contributed by atoms with E-state index in [1.807, 2.05) is 30.3 Å². The van der Waals surface area contributed by atoms with Gasteiger partial charge >= 0.3 is 0 Å². The summed E-state index contributed by atoms with van der Waals surface area (Å²) in [5.74, 6) is 0. The minimum absolute atomic E-state index is 0.0533. The van der Waals surface area contributed by atoms with Crippen molar-refractivity contribution in [3.63, 3.8) is 0 Å². The summed E-state index contributed by atoms with van der Waals surface area (Å²) >= 11 is 0. The van der Waals surface area contributed by atoms with Gasteiger partial charge in [0.25, 0.3) is 0 Å². The highest BCUT2D eigenvalue weighted by atomic mass is 16.6. The molecule has 0 amide bonds. The van der Waals surface area contributed by atoms with Crippen molar-refractivity contribution in [1.29, 1.82) is 0 Å². The lowest BCUT2D eigenvalue weighted by Crippen LogP contribution is -2.15. The summed E-state index contributed by atoms with van der Waals surface area (Å²) < 4.78 is 5.13. The second-order valence-electron chi connectivity index (χ2n) is 3.33. The van der Waals surface area contributed by atoms with Crippen molar-refractivity contribution < 1.29 is 4.74 Å². The molecule has 0 radical (unpaired) electrons. The largest absolute Gasteiger partial charge is 0.373 e. The van der Waals surface area contributed by atoms with Gasteiger partial charge in [-0.2, -0.15) is 0 Å². The first-order chi connectivity index (χ1) is 6.90. The van der Waals surface area contributed by atoms with Gasteiger partial charge in [0.2, 0.25) is 0 Å². The van der Waals surface area contributed by atoms with Crippen molar-refractivity contribution in [3.05, 3.63) is 46.3 Å². The second kappa shape index (κ2) is 4.13. The number of nitrogens with zero attached hydrogens (tertiary/aromatic N) is 3. The normalized spacial score (nSPS) is 21.0. The van der Waals surface area contributed by atoms with Gasteiger partial charge < -0.3 is 4.74 Å². The Morgan fingerprint density at radius 1 is 1.50 bits per heavy atom. The molecule has 1 aromatic carbocycles. The molecule has 1 aromatic rings. The summed E-state index contributed by atoms with van der Waals surface area (Å²) in [5, 5.41) is 3.74. The molecule has 4 heteroatoms. The molecule has 4 nitrogen and oxygen atoms in total. The van der Waals surface area contributed by atoms with Gasteiger partial charge in [-0.25, -0.2) is 0 Å². The van der Waals surface area contributed by atoms with Gasteiger partial charge in [0.05, 0.1) is 18.8 Å². The molecule has 0 N–H and O–H groups in total. The van der Waals surface area contributed by atoms with Crippen molar-refractivity contribution in [3.8, 4) is 0 Å². The van der Waals surface area contributed by atoms with E-state index in [0.717, 1.165) is 13.0 Å². The summed E-state index contributed by atoms with van der Waals surface area (Å²) in [4.78, 5) is 2.84. The number of azide groups is 1. The fourth-order valence-corrected chi connectivity index (χ4v) is 1.45. The van der Waals surface area contributed by atoms with E-state index in [0.29, 0.717) is 0 Å². The lowest BCUT2D eigenvalue weighted by Gasteiger charge is -2.06. The van der Waals surface area contributed by atoms with Crippen LogP contribution in [0.2, 0.25) is 0 Å². The zero-order valence-corrected chi connectivity index (χ0v) is 7.71. The summed E-state index contributed by atoms with van der Waals surface area (Å²) in [6.07, 6.45) is 0.890. The summed E-state index contributed by atoms with van der Waals surface area (Å²) in [7, 11) is 0. The van der Waals surface area contributed by atoms with Gasteiger partial charge in [0, 0.05) is 4.91 Å². The van der Waals surface area contributed by atoms with Crippen LogP contribution in [0.15, 0.2) is 35.4 Å². The van der Waals surface area contributed by atoms with Crippen LogP contribution in [0.5, 0.6) is 0 Å². The maximum Gasteiger partial charge on any atom is 0.0897 e. The fraction of sp³-hybridized carbons (Fsp3) is 0.400. The van der Waals surface area contributed by atoms with Gasteiger partial charge in [-0.1, -0.05) is 35.4 Å². The minimum Gasteiger partial charge on any atom is -0.373 e. The Kier molecular flexibility index (Phi) is 2.68. The number of hydrogen-bond acceptors (Lipinski definition) is 2. The third kappa shape index (κ3) is 2.25. The van der Waals surface area contributed by atoms with Crippen molar-refractivity contribution in [2.24, 2.45) is 5.11 Å². The first-order valence-corrected chi connectivity index (χ1v) is 4.60. The average Bonchev–Trinajstić information content (AvgIpc) is 3.02. The fourth-order valence-electron chi connectivity index (χ4n) is 1.45. The number of ether oxygens (including phenoxy) is 1. The molecule has 1 saturated heterocycles. The monoisotopic (exact) mass is 189 g/mol. The van der Waals surface area contributed by atoms with Gasteiger partial charge in [0.15, 0.2) is 0 Å². The Balaban J connectivity index is 2.03. The third-order valence-electron chi connectivity index (χ3n) is 2.28. The summed E-state index contributed by atoms with van der Waals surface area (Å²) in [6, 6.07) is 9.94. The molecular formula is C10H11N3O. The SMILES string of the molecule is [N-]=[N+]=N[C@H](Cc1ccccc1)[C@@H]1CO1. The van der Waals surface area contributed by atoms with Crippen LogP contribution in [-0.4, -0.2) is 18.8 Å². The van der Waals surface area contributed by atoms with Gasteiger partial charge in [-0.3, -0.25) is 0 Å². The van der Waals surface area contributed by atoms with E-state index in [9.17, 15) is 0 Å². The lowest BCUT2D eigenvalue weighted by atomic mass is 10.0. The van der Waals surface area contributed by atoms with Crippen LogP contribution in [0.25, 0.3) is 10.4 Å². The van der Waals surface area contributed by atoms with Crippen molar-refractivity contribution in [1.82, 2.24) is 0 Å². The minimum atomic E-state index is -0.0533. The molecule has 2 rings (SSSR count). The highest BCUT2D eigenvalue weighted by molar-refractivity contribution is 5.16. The molecule has 0 spiro atoms. The summed E-state index contributed by atoms with van der Waals surface area (Å²) in [5.41, 5.74) is 9.58. The van der Waals surface area contributed by atoms with Gasteiger partial charge in [-0.05, 0) is 17.5 Å². The number of benzene rings is 1. The number of hydrogen-bond donors (Lipinski definition) is 0. The molecule has 0 unspecified atom stereocenters. The predicted molar refractivity (Wildman–Crippen MR) is 52.8 cm³/mol. The number of epoxide rings is 1. The van der Waals surface area contributed by atoms with E-state index in [1.165, 1.54) is 5.56 Å². The molecule has 0 saturated carbocycles. The number of rotatable bonds is 4. The Morgan fingerprint density at radius 3 is 2.79 bits per heavy atom. The van der Waals surface area contributed by atoms with Crippen LogP contribution in [0.3, 0.4) is 0 Å². The first kappa shape index (κ1) is 9.06. The van der Waals surface area contributed by atoms with Crippen LogP contribution < -0.4 is 0 Å². The van der Waals surface area contributed by atoms with E-state index in [2.05, 4.69) is 10.0 Å². The van der Waals surface area contributed by atoms with E-state index >= 15 is 0 Å². The van der Waals surface area contributed by atoms with Crippen molar-refractivity contribution in [2.75, 3.05) is 6.61 Å². The van der Waals surface area contributed by atoms with Crippen molar-refractivity contribution >= 4 is 0 Å². The molecule has 72 valence electrons. The van der Waals surface area contributed by atoms with E-state index in [1.54, 1.807) is 0 Å². The van der Waals surface area contributed by atoms with Crippen LogP contribution in [0.4, 0.5) is 0 Å². The molecule has 0 bridgehead atoms. The van der Waals surface area contributed by atoms with Crippen LogP contribution in [0, 0.1) is 0 Å². The molecular weight excluding hydrogens is 178 g/mol. The van der Waals surface area contributed by atoms with Crippen molar-refractivity contribution in [2.45, 2.75) is 18.6 Å². The Morgan fingerprint density at radius 2 is 2.21 bits per heavy atom. The lowest BCUT2D eigenvalue weighted by molar-refractivity contribution is 0.371. The van der Waals surface area contributed by atoms with Crippen LogP contribution in [0.1, 0.15) is 5.56 Å². The quantitative estimate of drug-likeness (QED) is 0.310. The Labute approximate surface area is 82.1 Å². The molecule has 2 atom stereocenters. The topological polar surface area (TPSA) is 61.3 Å². The standard InChI is InChI=1S/C10H11N3O/c11-13-12-9(10-7-14-10)6-8-4-2-1-3-5-8/h1-5,9-10H,6-7H2/t9-,10+/m1/s1. The zero-order chi connectivity index (χ0) is 9.80. The predicted octanol–water partition coefficient (Wildman–Crippen LogP) is 2.31. The molecule has 1 aliphatic rings. The van der Waals surface area contributed by atoms with E-state index in [4.69, 9.17) is 10.3 Å².